The minimum atomic E-state index is -0.225. The maximum Gasteiger partial charge on any atom is 0.156 e. The Morgan fingerprint density at radius 2 is 2.62 bits per heavy atom. The number of aliphatic hydroxyl groups excluding tert-OH is 1. The third-order valence-electron chi connectivity index (χ3n) is 1.83. The van der Waals surface area contributed by atoms with Crippen molar-refractivity contribution in [2.24, 2.45) is 12.2 Å². The molecule has 0 saturated carbocycles. The monoisotopic (exact) mass is 182 g/mol. The summed E-state index contributed by atoms with van der Waals surface area (Å²) in [5.41, 5.74) is 1.45. The van der Waals surface area contributed by atoms with Crippen molar-refractivity contribution in [1.29, 1.82) is 0 Å². The highest BCUT2D eigenvalue weighted by molar-refractivity contribution is 5.99. The van der Waals surface area contributed by atoms with Crippen molar-refractivity contribution in [3.05, 3.63) is 11.9 Å². The van der Waals surface area contributed by atoms with Crippen LogP contribution in [0.1, 0.15) is 12.1 Å². The molecule has 0 spiro atoms. The molecule has 0 aliphatic carbocycles. The van der Waals surface area contributed by atoms with Crippen LogP contribution in [0, 0.1) is 0 Å². The van der Waals surface area contributed by atoms with E-state index in [2.05, 4.69) is 15.5 Å². The smallest absolute Gasteiger partial charge is 0.156 e. The summed E-state index contributed by atoms with van der Waals surface area (Å²) in [6.45, 7) is -0.0206. The van der Waals surface area contributed by atoms with Gasteiger partial charge in [-0.15, -0.1) is 5.10 Å². The highest BCUT2D eigenvalue weighted by Gasteiger charge is 2.22. The molecule has 0 fully saturated rings. The number of rotatable bonds is 2. The van der Waals surface area contributed by atoms with Crippen LogP contribution in [0.3, 0.4) is 0 Å². The van der Waals surface area contributed by atoms with Gasteiger partial charge in [-0.3, -0.25) is 4.68 Å². The quantitative estimate of drug-likeness (QED) is 0.656. The van der Waals surface area contributed by atoms with Crippen molar-refractivity contribution in [1.82, 2.24) is 15.0 Å². The lowest BCUT2D eigenvalue weighted by molar-refractivity contribution is 0.0390. The van der Waals surface area contributed by atoms with Crippen LogP contribution >= 0.6 is 0 Å². The second kappa shape index (κ2) is 3.14. The average Bonchev–Trinajstić information content (AvgIpc) is 2.71. The second-order valence-electron chi connectivity index (χ2n) is 2.93. The van der Waals surface area contributed by atoms with E-state index in [1.165, 1.54) is 0 Å². The fraction of sp³-hybridized carbons (Fsp3) is 0.571. The fourth-order valence-corrected chi connectivity index (χ4v) is 1.16. The molecule has 70 valence electrons. The van der Waals surface area contributed by atoms with E-state index in [9.17, 15) is 0 Å². The lowest BCUT2D eigenvalue weighted by Gasteiger charge is -1.99. The molecule has 1 aliphatic rings. The van der Waals surface area contributed by atoms with E-state index in [1.807, 2.05) is 0 Å². The first-order chi connectivity index (χ1) is 6.29. The number of nitrogens with zero attached hydrogens (tertiary/aromatic N) is 4. The van der Waals surface area contributed by atoms with E-state index in [0.29, 0.717) is 12.1 Å². The zero-order valence-corrected chi connectivity index (χ0v) is 7.21. The number of aliphatic hydroxyl groups is 1. The van der Waals surface area contributed by atoms with E-state index in [4.69, 9.17) is 9.94 Å². The average molecular weight is 182 g/mol. The molecule has 1 aliphatic heterocycles. The van der Waals surface area contributed by atoms with Crippen LogP contribution in [0.15, 0.2) is 11.4 Å². The van der Waals surface area contributed by atoms with Gasteiger partial charge in [0, 0.05) is 13.5 Å². The molecule has 0 aromatic carbocycles. The van der Waals surface area contributed by atoms with Crippen molar-refractivity contribution < 1.29 is 9.94 Å². The highest BCUT2D eigenvalue weighted by Crippen LogP contribution is 2.13. The summed E-state index contributed by atoms with van der Waals surface area (Å²) < 4.78 is 1.60. The molecule has 0 saturated heterocycles. The lowest BCUT2D eigenvalue weighted by Crippen LogP contribution is -2.12. The largest absolute Gasteiger partial charge is 0.392 e. The summed E-state index contributed by atoms with van der Waals surface area (Å²) in [6, 6.07) is 0. The maximum atomic E-state index is 8.80. The van der Waals surface area contributed by atoms with Gasteiger partial charge in [0.05, 0.1) is 12.8 Å². The van der Waals surface area contributed by atoms with Gasteiger partial charge in [0.25, 0.3) is 0 Å². The number of aromatic nitrogens is 3. The SMILES string of the molecule is Cn1cc(C2=NOC(CO)C2)nn1. The fourth-order valence-electron chi connectivity index (χ4n) is 1.16. The van der Waals surface area contributed by atoms with E-state index in [-0.39, 0.29) is 12.7 Å². The van der Waals surface area contributed by atoms with Gasteiger partial charge >= 0.3 is 0 Å². The Hall–Kier alpha value is -1.43. The van der Waals surface area contributed by atoms with Gasteiger partial charge in [0.1, 0.15) is 11.4 Å². The second-order valence-corrected chi connectivity index (χ2v) is 2.93. The van der Waals surface area contributed by atoms with Crippen LogP contribution in [0.5, 0.6) is 0 Å². The third-order valence-corrected chi connectivity index (χ3v) is 1.83. The molecule has 13 heavy (non-hydrogen) atoms. The molecule has 0 amide bonds. The molecule has 1 atom stereocenters. The zero-order valence-electron chi connectivity index (χ0n) is 7.21. The Balaban J connectivity index is 2.12. The minimum absolute atomic E-state index is 0.0206. The van der Waals surface area contributed by atoms with Crippen LogP contribution in [0.2, 0.25) is 0 Å². The van der Waals surface area contributed by atoms with Crippen molar-refractivity contribution in [2.75, 3.05) is 6.61 Å². The molecule has 6 nitrogen and oxygen atoms in total. The standard InChI is InChI=1S/C7H10N4O2/c1-11-3-7(8-10-11)6-2-5(4-12)13-9-6/h3,5,12H,2,4H2,1H3. The molecule has 0 radical (unpaired) electrons. The summed E-state index contributed by atoms with van der Waals surface area (Å²) in [5, 5.41) is 20.3. The van der Waals surface area contributed by atoms with E-state index < -0.39 is 0 Å². The normalized spacial score (nSPS) is 21.4. The number of oxime groups is 1. The van der Waals surface area contributed by atoms with Gasteiger partial charge in [0.2, 0.25) is 0 Å². The van der Waals surface area contributed by atoms with Crippen molar-refractivity contribution in [2.45, 2.75) is 12.5 Å². The van der Waals surface area contributed by atoms with Crippen molar-refractivity contribution in [3.8, 4) is 0 Å². The van der Waals surface area contributed by atoms with Gasteiger partial charge in [-0.2, -0.15) is 0 Å². The molecule has 1 aromatic heterocycles. The van der Waals surface area contributed by atoms with Crippen LogP contribution in [0.25, 0.3) is 0 Å². The minimum Gasteiger partial charge on any atom is -0.392 e. The summed E-state index contributed by atoms with van der Waals surface area (Å²) in [4.78, 5) is 4.94. The van der Waals surface area contributed by atoms with Gasteiger partial charge < -0.3 is 9.94 Å². The van der Waals surface area contributed by atoms with Crippen LogP contribution in [-0.2, 0) is 11.9 Å². The predicted octanol–water partition coefficient (Wildman–Crippen LogP) is -0.700. The lowest BCUT2D eigenvalue weighted by atomic mass is 10.1. The van der Waals surface area contributed by atoms with Crippen molar-refractivity contribution >= 4 is 5.71 Å². The maximum absolute atomic E-state index is 8.80. The molecule has 1 aromatic rings. The molecule has 6 heteroatoms. The van der Waals surface area contributed by atoms with Crippen LogP contribution in [0.4, 0.5) is 0 Å². The van der Waals surface area contributed by atoms with Crippen LogP contribution in [-0.4, -0.2) is 38.5 Å². The molecule has 1 N–H and O–H groups in total. The first kappa shape index (κ1) is 8.18. The Labute approximate surface area is 74.8 Å². The topological polar surface area (TPSA) is 72.5 Å². The highest BCUT2D eigenvalue weighted by atomic mass is 16.6. The molecule has 2 rings (SSSR count). The molecule has 1 unspecified atom stereocenters. The van der Waals surface area contributed by atoms with E-state index >= 15 is 0 Å². The molecular weight excluding hydrogens is 172 g/mol. The number of hydrogen-bond donors (Lipinski definition) is 1. The van der Waals surface area contributed by atoms with Gasteiger partial charge in [-0.25, -0.2) is 0 Å². The third kappa shape index (κ3) is 1.52. The Morgan fingerprint density at radius 1 is 1.77 bits per heavy atom. The Bertz CT molecular complexity index is 333. The first-order valence-electron chi connectivity index (χ1n) is 4.00. The van der Waals surface area contributed by atoms with Crippen LogP contribution < -0.4 is 0 Å². The summed E-state index contributed by atoms with van der Waals surface area (Å²) in [5.74, 6) is 0. The Kier molecular flexibility index (Phi) is 1.97. The Morgan fingerprint density at radius 3 is 3.15 bits per heavy atom. The van der Waals surface area contributed by atoms with E-state index in [0.717, 1.165) is 5.71 Å². The van der Waals surface area contributed by atoms with Gasteiger partial charge in [-0.05, 0) is 0 Å². The molecular formula is C7H10N4O2. The summed E-state index contributed by atoms with van der Waals surface area (Å²) >= 11 is 0. The summed E-state index contributed by atoms with van der Waals surface area (Å²) in [6.07, 6.45) is 2.13. The number of hydrogen-bond acceptors (Lipinski definition) is 5. The van der Waals surface area contributed by atoms with Gasteiger partial charge in [0.15, 0.2) is 6.10 Å². The molecule has 2 heterocycles. The zero-order chi connectivity index (χ0) is 9.26. The van der Waals surface area contributed by atoms with E-state index in [1.54, 1.807) is 17.9 Å². The van der Waals surface area contributed by atoms with Gasteiger partial charge in [-0.1, -0.05) is 10.4 Å². The van der Waals surface area contributed by atoms with Crippen molar-refractivity contribution in [3.63, 3.8) is 0 Å². The first-order valence-corrected chi connectivity index (χ1v) is 4.00. The number of aryl methyl sites for hydroxylation is 1. The predicted molar refractivity (Wildman–Crippen MR) is 44.1 cm³/mol. The molecule has 0 bridgehead atoms. The summed E-state index contributed by atoms with van der Waals surface area (Å²) in [7, 11) is 1.79.